The van der Waals surface area contributed by atoms with E-state index in [2.05, 4.69) is 5.32 Å². The zero-order chi connectivity index (χ0) is 22.8. The van der Waals surface area contributed by atoms with Gasteiger partial charge in [-0.1, -0.05) is 6.92 Å². The van der Waals surface area contributed by atoms with E-state index in [1.807, 2.05) is 6.92 Å². The zero-order valence-corrected chi connectivity index (χ0v) is 18.9. The van der Waals surface area contributed by atoms with Crippen LogP contribution in [-0.4, -0.2) is 68.8 Å². The largest absolute Gasteiger partial charge is 0.469 e. The predicted molar refractivity (Wildman–Crippen MR) is 107 cm³/mol. The van der Waals surface area contributed by atoms with Crippen LogP contribution in [0, 0.1) is 11.3 Å². The number of nitrogens with zero attached hydrogens (tertiary/aromatic N) is 1. The third-order valence-corrected chi connectivity index (χ3v) is 4.24. The second kappa shape index (κ2) is 11.6. The molecule has 0 aliphatic rings. The minimum Gasteiger partial charge on any atom is -0.469 e. The standard InChI is InChI=1S/C20H36N2O7/c1-9-14(16(24)22(6)7)12-20(5,13-15(23)27-8)17(25)28-11-10-21-18(26)29-19(2,3)4/h14H,9-13H2,1-8H3,(H,21,26). The topological polar surface area (TPSA) is 111 Å². The third kappa shape index (κ3) is 10.1. The lowest BCUT2D eigenvalue weighted by Crippen LogP contribution is -2.40. The van der Waals surface area contributed by atoms with Gasteiger partial charge in [-0.25, -0.2) is 4.79 Å². The Morgan fingerprint density at radius 2 is 1.66 bits per heavy atom. The van der Waals surface area contributed by atoms with E-state index in [-0.39, 0.29) is 31.9 Å². The first-order chi connectivity index (χ1) is 13.3. The molecule has 0 saturated heterocycles. The number of ether oxygens (including phenoxy) is 3. The van der Waals surface area contributed by atoms with Crippen molar-refractivity contribution in [2.45, 2.75) is 59.5 Å². The van der Waals surface area contributed by atoms with Gasteiger partial charge in [0.15, 0.2) is 0 Å². The molecule has 9 heteroatoms. The first kappa shape index (κ1) is 26.7. The lowest BCUT2D eigenvalue weighted by molar-refractivity contribution is -0.162. The maximum absolute atomic E-state index is 12.7. The smallest absolute Gasteiger partial charge is 0.407 e. The summed E-state index contributed by atoms with van der Waals surface area (Å²) in [6, 6.07) is 0. The SMILES string of the molecule is CCC(CC(C)(CC(=O)OC)C(=O)OCCNC(=O)OC(C)(C)C)C(=O)N(C)C. The Bertz CT molecular complexity index is 584. The number of carbonyl (C=O) groups excluding carboxylic acids is 4. The fourth-order valence-corrected chi connectivity index (χ4v) is 2.72. The summed E-state index contributed by atoms with van der Waals surface area (Å²) in [6.07, 6.45) is -0.165. The molecule has 0 rings (SSSR count). The van der Waals surface area contributed by atoms with Crippen LogP contribution < -0.4 is 5.32 Å². The van der Waals surface area contributed by atoms with E-state index in [9.17, 15) is 19.2 Å². The number of rotatable bonds is 10. The van der Waals surface area contributed by atoms with Crippen molar-refractivity contribution in [3.63, 3.8) is 0 Å². The molecule has 0 aromatic carbocycles. The molecule has 29 heavy (non-hydrogen) atoms. The normalized spacial score (nSPS) is 14.2. The van der Waals surface area contributed by atoms with Crippen LogP contribution >= 0.6 is 0 Å². The number of hydrogen-bond donors (Lipinski definition) is 1. The number of hydrogen-bond acceptors (Lipinski definition) is 7. The second-order valence-corrected chi connectivity index (χ2v) is 8.42. The highest BCUT2D eigenvalue weighted by molar-refractivity contribution is 5.85. The number of esters is 2. The van der Waals surface area contributed by atoms with E-state index in [4.69, 9.17) is 14.2 Å². The van der Waals surface area contributed by atoms with Gasteiger partial charge < -0.3 is 24.4 Å². The van der Waals surface area contributed by atoms with Crippen LogP contribution in [0.3, 0.4) is 0 Å². The summed E-state index contributed by atoms with van der Waals surface area (Å²) >= 11 is 0. The molecule has 0 heterocycles. The molecule has 2 amide bonds. The molecule has 0 aliphatic heterocycles. The molecule has 0 spiro atoms. The van der Waals surface area contributed by atoms with Crippen LogP contribution in [0.25, 0.3) is 0 Å². The molecule has 9 nitrogen and oxygen atoms in total. The van der Waals surface area contributed by atoms with Gasteiger partial charge in [0.25, 0.3) is 0 Å². The average molecular weight is 417 g/mol. The molecule has 2 atom stereocenters. The molecule has 0 radical (unpaired) electrons. The summed E-state index contributed by atoms with van der Waals surface area (Å²) in [6.45, 7) is 8.62. The second-order valence-electron chi connectivity index (χ2n) is 8.42. The number of nitrogens with one attached hydrogen (secondary N) is 1. The van der Waals surface area contributed by atoms with Gasteiger partial charge >= 0.3 is 18.0 Å². The van der Waals surface area contributed by atoms with Crippen LogP contribution in [0.4, 0.5) is 4.79 Å². The Morgan fingerprint density at radius 3 is 2.10 bits per heavy atom. The average Bonchev–Trinajstić information content (AvgIpc) is 2.60. The third-order valence-electron chi connectivity index (χ3n) is 4.24. The Morgan fingerprint density at radius 1 is 1.07 bits per heavy atom. The van der Waals surface area contributed by atoms with Crippen molar-refractivity contribution in [2.75, 3.05) is 34.4 Å². The highest BCUT2D eigenvalue weighted by Gasteiger charge is 2.41. The summed E-state index contributed by atoms with van der Waals surface area (Å²) in [5.74, 6) is -1.75. The summed E-state index contributed by atoms with van der Waals surface area (Å²) in [5, 5.41) is 2.49. The lowest BCUT2D eigenvalue weighted by atomic mass is 9.77. The quantitative estimate of drug-likeness (QED) is 0.330. The van der Waals surface area contributed by atoms with Crippen molar-refractivity contribution < 1.29 is 33.4 Å². The molecule has 0 aliphatic carbocycles. The summed E-state index contributed by atoms with van der Waals surface area (Å²) in [5.41, 5.74) is -1.86. The molecular weight excluding hydrogens is 380 g/mol. The highest BCUT2D eigenvalue weighted by Crippen LogP contribution is 2.34. The van der Waals surface area contributed by atoms with Gasteiger partial charge in [-0.3, -0.25) is 14.4 Å². The van der Waals surface area contributed by atoms with Crippen LogP contribution in [-0.2, 0) is 28.6 Å². The van der Waals surface area contributed by atoms with Gasteiger partial charge in [-0.05, 0) is 40.5 Å². The maximum Gasteiger partial charge on any atom is 0.407 e. The molecular formula is C20H36N2O7. The van der Waals surface area contributed by atoms with E-state index in [1.165, 1.54) is 12.0 Å². The fraction of sp³-hybridized carbons (Fsp3) is 0.800. The van der Waals surface area contributed by atoms with Gasteiger partial charge in [-0.2, -0.15) is 0 Å². The first-order valence-corrected chi connectivity index (χ1v) is 9.67. The van der Waals surface area contributed by atoms with Crippen molar-refractivity contribution in [3.8, 4) is 0 Å². The maximum atomic E-state index is 12.7. The highest BCUT2D eigenvalue weighted by atomic mass is 16.6. The fourth-order valence-electron chi connectivity index (χ4n) is 2.72. The minimum atomic E-state index is -1.23. The van der Waals surface area contributed by atoms with Gasteiger partial charge in [0.1, 0.15) is 12.2 Å². The van der Waals surface area contributed by atoms with Crippen LogP contribution in [0.5, 0.6) is 0 Å². The molecule has 0 bridgehead atoms. The van der Waals surface area contributed by atoms with E-state index in [0.29, 0.717) is 6.42 Å². The number of amides is 2. The van der Waals surface area contributed by atoms with Crippen molar-refractivity contribution in [1.29, 1.82) is 0 Å². The summed E-state index contributed by atoms with van der Waals surface area (Å²) in [7, 11) is 4.52. The number of methoxy groups -OCH3 is 1. The Balaban J connectivity index is 5.01. The van der Waals surface area contributed by atoms with E-state index in [1.54, 1.807) is 41.8 Å². The molecule has 0 fully saturated rings. The van der Waals surface area contributed by atoms with Crippen molar-refractivity contribution in [2.24, 2.45) is 11.3 Å². The van der Waals surface area contributed by atoms with Gasteiger partial charge in [0, 0.05) is 20.0 Å². The predicted octanol–water partition coefficient (Wildman–Crippen LogP) is 2.13. The Hall–Kier alpha value is -2.32. The Kier molecular flexibility index (Phi) is 10.7. The summed E-state index contributed by atoms with van der Waals surface area (Å²) in [4.78, 5) is 50.1. The minimum absolute atomic E-state index is 0.0583. The van der Waals surface area contributed by atoms with Gasteiger partial charge in [0.05, 0.1) is 25.5 Å². The molecule has 0 saturated carbocycles. The van der Waals surface area contributed by atoms with Gasteiger partial charge in [0.2, 0.25) is 5.91 Å². The molecule has 0 aromatic heterocycles. The molecule has 2 unspecified atom stereocenters. The van der Waals surface area contributed by atoms with E-state index in [0.717, 1.165) is 0 Å². The summed E-state index contributed by atoms with van der Waals surface area (Å²) < 4.78 is 15.1. The van der Waals surface area contributed by atoms with Crippen LogP contribution in [0.15, 0.2) is 0 Å². The van der Waals surface area contributed by atoms with E-state index < -0.39 is 35.0 Å². The van der Waals surface area contributed by atoms with Crippen molar-refractivity contribution in [3.05, 3.63) is 0 Å². The van der Waals surface area contributed by atoms with Crippen molar-refractivity contribution in [1.82, 2.24) is 10.2 Å². The van der Waals surface area contributed by atoms with Crippen LogP contribution in [0.2, 0.25) is 0 Å². The monoisotopic (exact) mass is 416 g/mol. The van der Waals surface area contributed by atoms with Gasteiger partial charge in [-0.15, -0.1) is 0 Å². The first-order valence-electron chi connectivity index (χ1n) is 9.67. The number of alkyl carbamates (subject to hydrolysis) is 1. The lowest BCUT2D eigenvalue weighted by Gasteiger charge is -2.30. The number of carbonyl (C=O) groups is 4. The van der Waals surface area contributed by atoms with Crippen LogP contribution in [0.1, 0.15) is 53.9 Å². The van der Waals surface area contributed by atoms with E-state index >= 15 is 0 Å². The van der Waals surface area contributed by atoms with Crippen molar-refractivity contribution >= 4 is 23.9 Å². The zero-order valence-electron chi connectivity index (χ0n) is 18.9. The Labute approximate surface area is 173 Å². The molecule has 1 N–H and O–H groups in total. The molecule has 168 valence electrons. The molecule has 0 aromatic rings.